The van der Waals surface area contributed by atoms with Gasteiger partial charge in [-0.2, -0.15) is 0 Å². The van der Waals surface area contributed by atoms with Crippen LogP contribution in [-0.4, -0.2) is 17.6 Å². The predicted molar refractivity (Wildman–Crippen MR) is 55.1 cm³/mol. The van der Waals surface area contributed by atoms with E-state index < -0.39 is 5.97 Å². The number of aliphatic carboxylic acids is 1. The molecule has 82 valence electrons. The Bertz CT molecular complexity index is 324. The molecule has 1 aromatic rings. The number of carboxylic acid groups (broad SMARTS) is 1. The van der Waals surface area contributed by atoms with Gasteiger partial charge in [0.1, 0.15) is 5.82 Å². The molecule has 4 heteroatoms. The fraction of sp³-hybridized carbons (Fsp3) is 0.364. The van der Waals surface area contributed by atoms with E-state index in [-0.39, 0.29) is 18.4 Å². The summed E-state index contributed by atoms with van der Waals surface area (Å²) in [6, 6.07) is 6.04. The van der Waals surface area contributed by atoms with Crippen molar-refractivity contribution in [2.45, 2.75) is 19.4 Å². The average Bonchev–Trinajstić information content (AvgIpc) is 2.21. The lowest BCUT2D eigenvalue weighted by atomic mass is 10.0. The summed E-state index contributed by atoms with van der Waals surface area (Å²) in [4.78, 5) is 10.4. The van der Waals surface area contributed by atoms with E-state index in [0.717, 1.165) is 12.0 Å². The first kappa shape index (κ1) is 11.7. The van der Waals surface area contributed by atoms with Gasteiger partial charge in [-0.1, -0.05) is 19.1 Å². The lowest BCUT2D eigenvalue weighted by Crippen LogP contribution is -2.26. The van der Waals surface area contributed by atoms with Gasteiger partial charge in [0.25, 0.3) is 0 Å². The number of benzene rings is 1. The Balaban J connectivity index is 2.65. The summed E-state index contributed by atoms with van der Waals surface area (Å²) >= 11 is 0. The third-order valence-electron chi connectivity index (χ3n) is 2.18. The van der Waals surface area contributed by atoms with Crippen LogP contribution in [0.2, 0.25) is 0 Å². The first-order chi connectivity index (χ1) is 7.13. The van der Waals surface area contributed by atoms with Crippen LogP contribution in [0, 0.1) is 5.82 Å². The maximum Gasteiger partial charge on any atom is 0.317 e. The molecule has 0 aliphatic heterocycles. The highest BCUT2D eigenvalue weighted by molar-refractivity contribution is 5.69. The van der Waals surface area contributed by atoms with E-state index in [9.17, 15) is 9.18 Å². The highest BCUT2D eigenvalue weighted by atomic mass is 19.1. The van der Waals surface area contributed by atoms with Gasteiger partial charge in [0.05, 0.1) is 6.54 Å². The standard InChI is InChI=1S/C11H14FNO2/c1-2-10(13-7-11(14)15)8-3-5-9(12)6-4-8/h3-6,10,13H,2,7H2,1H3,(H,14,15). The maximum atomic E-state index is 12.7. The van der Waals surface area contributed by atoms with Crippen LogP contribution < -0.4 is 5.32 Å². The van der Waals surface area contributed by atoms with Crippen LogP contribution in [0.25, 0.3) is 0 Å². The van der Waals surface area contributed by atoms with Gasteiger partial charge in [-0.05, 0) is 24.1 Å². The lowest BCUT2D eigenvalue weighted by Gasteiger charge is -2.15. The second-order valence-electron chi connectivity index (χ2n) is 3.29. The van der Waals surface area contributed by atoms with Crippen molar-refractivity contribution in [3.63, 3.8) is 0 Å². The number of hydrogen-bond donors (Lipinski definition) is 2. The number of carbonyl (C=O) groups is 1. The van der Waals surface area contributed by atoms with E-state index in [1.54, 1.807) is 12.1 Å². The molecule has 0 aromatic heterocycles. The minimum Gasteiger partial charge on any atom is -0.480 e. The molecular formula is C11H14FNO2. The first-order valence-electron chi connectivity index (χ1n) is 4.84. The van der Waals surface area contributed by atoms with Gasteiger partial charge in [-0.3, -0.25) is 4.79 Å². The van der Waals surface area contributed by atoms with Gasteiger partial charge in [0.2, 0.25) is 0 Å². The largest absolute Gasteiger partial charge is 0.480 e. The van der Waals surface area contributed by atoms with E-state index in [1.807, 2.05) is 6.92 Å². The number of carboxylic acids is 1. The zero-order valence-electron chi connectivity index (χ0n) is 8.53. The predicted octanol–water partition coefficient (Wildman–Crippen LogP) is 1.95. The normalized spacial score (nSPS) is 12.4. The van der Waals surface area contributed by atoms with Crippen LogP contribution in [0.4, 0.5) is 4.39 Å². The van der Waals surface area contributed by atoms with Gasteiger partial charge in [0.15, 0.2) is 0 Å². The monoisotopic (exact) mass is 211 g/mol. The Morgan fingerprint density at radius 2 is 2.07 bits per heavy atom. The molecule has 0 fully saturated rings. The molecule has 0 heterocycles. The van der Waals surface area contributed by atoms with E-state index in [1.165, 1.54) is 12.1 Å². The summed E-state index contributed by atoms with van der Waals surface area (Å²) in [6.07, 6.45) is 0.763. The van der Waals surface area contributed by atoms with Crippen molar-refractivity contribution in [1.82, 2.24) is 5.32 Å². The van der Waals surface area contributed by atoms with Crippen LogP contribution in [-0.2, 0) is 4.79 Å². The Labute approximate surface area is 87.9 Å². The van der Waals surface area contributed by atoms with Gasteiger partial charge >= 0.3 is 5.97 Å². The fourth-order valence-corrected chi connectivity index (χ4v) is 1.40. The minimum atomic E-state index is -0.893. The summed E-state index contributed by atoms with van der Waals surface area (Å²) in [5.41, 5.74) is 0.903. The van der Waals surface area contributed by atoms with Gasteiger partial charge in [0, 0.05) is 6.04 Å². The Morgan fingerprint density at radius 1 is 1.47 bits per heavy atom. The molecule has 0 amide bonds. The van der Waals surface area contributed by atoms with E-state index >= 15 is 0 Å². The smallest absolute Gasteiger partial charge is 0.317 e. The molecule has 0 saturated carbocycles. The van der Waals surface area contributed by atoms with Crippen LogP contribution in [0.1, 0.15) is 24.9 Å². The molecule has 1 rings (SSSR count). The Kier molecular flexibility index (Phi) is 4.24. The zero-order chi connectivity index (χ0) is 11.3. The molecule has 1 aromatic carbocycles. The summed E-state index contributed by atoms with van der Waals surface area (Å²) < 4.78 is 12.7. The summed E-state index contributed by atoms with van der Waals surface area (Å²) in [5, 5.41) is 11.4. The lowest BCUT2D eigenvalue weighted by molar-refractivity contribution is -0.136. The van der Waals surface area contributed by atoms with Crippen molar-refractivity contribution < 1.29 is 14.3 Å². The number of rotatable bonds is 5. The Morgan fingerprint density at radius 3 is 2.53 bits per heavy atom. The molecule has 0 aliphatic carbocycles. The van der Waals surface area contributed by atoms with E-state index in [4.69, 9.17) is 5.11 Å². The van der Waals surface area contributed by atoms with Gasteiger partial charge in [-0.25, -0.2) is 4.39 Å². The van der Waals surface area contributed by atoms with E-state index in [0.29, 0.717) is 0 Å². The van der Waals surface area contributed by atoms with Crippen molar-refractivity contribution in [3.8, 4) is 0 Å². The second kappa shape index (κ2) is 5.46. The van der Waals surface area contributed by atoms with Crippen LogP contribution in [0.15, 0.2) is 24.3 Å². The maximum absolute atomic E-state index is 12.7. The van der Waals surface area contributed by atoms with Crippen molar-refractivity contribution in [3.05, 3.63) is 35.6 Å². The molecular weight excluding hydrogens is 197 g/mol. The number of halogens is 1. The van der Waals surface area contributed by atoms with Crippen LogP contribution >= 0.6 is 0 Å². The third-order valence-corrected chi connectivity index (χ3v) is 2.18. The molecule has 3 nitrogen and oxygen atoms in total. The molecule has 15 heavy (non-hydrogen) atoms. The quantitative estimate of drug-likeness (QED) is 0.782. The van der Waals surface area contributed by atoms with Crippen molar-refractivity contribution >= 4 is 5.97 Å². The van der Waals surface area contributed by atoms with Crippen molar-refractivity contribution in [2.24, 2.45) is 0 Å². The highest BCUT2D eigenvalue weighted by Gasteiger charge is 2.09. The molecule has 2 N–H and O–H groups in total. The zero-order valence-corrected chi connectivity index (χ0v) is 8.53. The second-order valence-corrected chi connectivity index (χ2v) is 3.29. The van der Waals surface area contributed by atoms with Gasteiger partial charge in [-0.15, -0.1) is 0 Å². The number of hydrogen-bond acceptors (Lipinski definition) is 2. The molecule has 0 spiro atoms. The topological polar surface area (TPSA) is 49.3 Å². The summed E-state index contributed by atoms with van der Waals surface area (Å²) in [6.45, 7) is 1.86. The van der Waals surface area contributed by atoms with Crippen LogP contribution in [0.3, 0.4) is 0 Å². The fourth-order valence-electron chi connectivity index (χ4n) is 1.40. The molecule has 1 unspecified atom stereocenters. The first-order valence-corrected chi connectivity index (χ1v) is 4.84. The molecule has 0 radical (unpaired) electrons. The number of nitrogens with one attached hydrogen (secondary N) is 1. The highest BCUT2D eigenvalue weighted by Crippen LogP contribution is 2.16. The molecule has 0 saturated heterocycles. The van der Waals surface area contributed by atoms with Crippen LogP contribution in [0.5, 0.6) is 0 Å². The summed E-state index contributed by atoms with van der Waals surface area (Å²) in [7, 11) is 0. The summed E-state index contributed by atoms with van der Waals surface area (Å²) in [5.74, 6) is -1.18. The molecule has 0 bridgehead atoms. The van der Waals surface area contributed by atoms with E-state index in [2.05, 4.69) is 5.32 Å². The minimum absolute atomic E-state index is 0.0401. The molecule has 1 atom stereocenters. The Hall–Kier alpha value is -1.42. The van der Waals surface area contributed by atoms with Crippen molar-refractivity contribution in [2.75, 3.05) is 6.54 Å². The van der Waals surface area contributed by atoms with Crippen molar-refractivity contribution in [1.29, 1.82) is 0 Å². The SMILES string of the molecule is CCC(NCC(=O)O)c1ccc(F)cc1. The molecule has 0 aliphatic rings. The third kappa shape index (κ3) is 3.67. The average molecular weight is 211 g/mol. The van der Waals surface area contributed by atoms with Gasteiger partial charge < -0.3 is 10.4 Å².